The zero-order chi connectivity index (χ0) is 25.3. The van der Waals surface area contributed by atoms with Crippen LogP contribution in [0.5, 0.6) is 0 Å². The Hall–Kier alpha value is -3.42. The van der Waals surface area contributed by atoms with Crippen LogP contribution < -0.4 is 0 Å². The van der Waals surface area contributed by atoms with Gasteiger partial charge in [0.1, 0.15) is 11.4 Å². The highest BCUT2D eigenvalue weighted by Gasteiger charge is 2.29. The minimum Gasteiger partial charge on any atom is -0.462 e. The maximum atomic E-state index is 14.1. The van der Waals surface area contributed by atoms with Crippen molar-refractivity contribution in [3.05, 3.63) is 53.5 Å². The van der Waals surface area contributed by atoms with Gasteiger partial charge in [-0.25, -0.2) is 14.0 Å². The molecule has 0 spiro atoms. The van der Waals surface area contributed by atoms with Gasteiger partial charge in [0, 0.05) is 31.4 Å². The van der Waals surface area contributed by atoms with Gasteiger partial charge in [0.15, 0.2) is 0 Å². The number of aromatic nitrogens is 2. The Kier molecular flexibility index (Phi) is 6.83. The molecule has 2 heterocycles. The largest absolute Gasteiger partial charge is 0.462 e. The molecule has 0 bridgehead atoms. The highest BCUT2D eigenvalue weighted by Crippen LogP contribution is 2.37. The third kappa shape index (κ3) is 5.31. The Morgan fingerprint density at radius 3 is 2.66 bits per heavy atom. The highest BCUT2D eigenvalue weighted by atomic mass is 19.1. The second-order valence-corrected chi connectivity index (χ2v) is 9.95. The van der Waals surface area contributed by atoms with Crippen molar-refractivity contribution >= 4 is 23.0 Å². The summed E-state index contributed by atoms with van der Waals surface area (Å²) in [5.74, 6) is -0.991. The summed E-state index contributed by atoms with van der Waals surface area (Å²) in [7, 11) is 1.86. The second-order valence-electron chi connectivity index (χ2n) is 9.95. The summed E-state index contributed by atoms with van der Waals surface area (Å²) >= 11 is 0. The monoisotopic (exact) mass is 481 g/mol. The number of fused-ring (bicyclic) bond motifs is 1. The fourth-order valence-corrected chi connectivity index (χ4v) is 4.60. The molecular formula is C27H32FN3O4. The van der Waals surface area contributed by atoms with E-state index in [0.717, 1.165) is 34.9 Å². The molecule has 1 amide bonds. The van der Waals surface area contributed by atoms with Gasteiger partial charge in [-0.1, -0.05) is 6.07 Å². The number of rotatable bonds is 4. The molecule has 0 radical (unpaired) electrons. The number of amides is 1. The number of hydrogen-bond donors (Lipinski definition) is 0. The van der Waals surface area contributed by atoms with Gasteiger partial charge >= 0.3 is 12.1 Å². The first-order valence-electron chi connectivity index (χ1n) is 12.0. The van der Waals surface area contributed by atoms with Crippen molar-refractivity contribution in [3.8, 4) is 11.1 Å². The molecule has 1 unspecified atom stereocenters. The minimum absolute atomic E-state index is 0.0841. The molecule has 0 saturated carbocycles. The fourth-order valence-electron chi connectivity index (χ4n) is 4.60. The van der Waals surface area contributed by atoms with Crippen molar-refractivity contribution in [2.45, 2.75) is 52.1 Å². The third-order valence-corrected chi connectivity index (χ3v) is 6.20. The quantitative estimate of drug-likeness (QED) is 0.449. The number of carbonyl (C=O) groups is 2. The van der Waals surface area contributed by atoms with Gasteiger partial charge in [-0.3, -0.25) is 4.68 Å². The maximum absolute atomic E-state index is 14.1. The van der Waals surface area contributed by atoms with Gasteiger partial charge in [0.25, 0.3) is 0 Å². The number of benzene rings is 2. The smallest absolute Gasteiger partial charge is 0.410 e. The van der Waals surface area contributed by atoms with Crippen molar-refractivity contribution in [3.63, 3.8) is 0 Å². The van der Waals surface area contributed by atoms with Crippen LogP contribution in [0.15, 0.2) is 36.5 Å². The molecule has 186 valence electrons. The molecule has 1 aromatic heterocycles. The van der Waals surface area contributed by atoms with Crippen molar-refractivity contribution < 1.29 is 23.5 Å². The Morgan fingerprint density at radius 1 is 1.17 bits per heavy atom. The van der Waals surface area contributed by atoms with E-state index in [-0.39, 0.29) is 24.2 Å². The minimum atomic E-state index is -0.571. The molecule has 7 nitrogen and oxygen atoms in total. The summed E-state index contributed by atoms with van der Waals surface area (Å²) in [4.78, 5) is 27.2. The van der Waals surface area contributed by atoms with Gasteiger partial charge in [-0.15, -0.1) is 0 Å². The van der Waals surface area contributed by atoms with E-state index in [1.54, 1.807) is 28.8 Å². The van der Waals surface area contributed by atoms with Crippen LogP contribution in [0.2, 0.25) is 0 Å². The number of aryl methyl sites for hydroxylation is 1. The Bertz CT molecular complexity index is 1260. The number of likely N-dealkylation sites (tertiary alicyclic amines) is 1. The Morgan fingerprint density at radius 2 is 1.94 bits per heavy atom. The molecule has 3 aromatic rings. The van der Waals surface area contributed by atoms with Gasteiger partial charge in [-0.2, -0.15) is 5.10 Å². The molecule has 35 heavy (non-hydrogen) atoms. The molecular weight excluding hydrogens is 449 g/mol. The number of piperidine rings is 1. The van der Waals surface area contributed by atoms with E-state index in [1.807, 2.05) is 33.9 Å². The van der Waals surface area contributed by atoms with Crippen LogP contribution in [-0.4, -0.2) is 52.0 Å². The number of carbonyl (C=O) groups excluding carboxylic acids is 2. The molecule has 8 heteroatoms. The number of nitrogens with zero attached hydrogens (tertiary/aromatic N) is 3. The summed E-state index contributed by atoms with van der Waals surface area (Å²) < 4.78 is 26.7. The number of hydrogen-bond acceptors (Lipinski definition) is 5. The Labute approximate surface area is 204 Å². The number of halogens is 1. The molecule has 2 aromatic carbocycles. The first kappa shape index (κ1) is 24.7. The van der Waals surface area contributed by atoms with Gasteiger partial charge in [0.2, 0.25) is 0 Å². The lowest BCUT2D eigenvalue weighted by molar-refractivity contribution is 0.0198. The molecule has 4 rings (SSSR count). The zero-order valence-corrected chi connectivity index (χ0v) is 20.9. The van der Waals surface area contributed by atoms with Crippen LogP contribution in [0.4, 0.5) is 9.18 Å². The standard InChI is InChI=1S/C27H32FN3O4/c1-6-34-25(32)22-14-19(28)9-10-20(22)21-12-18(13-24-23(21)15-29-30(24)5)17-8-7-11-31(16-17)26(33)35-27(2,3)4/h9-10,12-15,17H,6-8,11,16H2,1-5H3. The van der Waals surface area contributed by atoms with E-state index in [2.05, 4.69) is 11.2 Å². The fraction of sp³-hybridized carbons (Fsp3) is 0.444. The molecule has 0 N–H and O–H groups in total. The van der Waals surface area contributed by atoms with Crippen LogP contribution in [0.3, 0.4) is 0 Å². The Balaban J connectivity index is 1.77. The van der Waals surface area contributed by atoms with Crippen LogP contribution in [0.1, 0.15) is 62.4 Å². The van der Waals surface area contributed by atoms with Gasteiger partial charge < -0.3 is 14.4 Å². The van der Waals surface area contributed by atoms with Crippen molar-refractivity contribution in [1.29, 1.82) is 0 Å². The van der Waals surface area contributed by atoms with Crippen molar-refractivity contribution in [2.75, 3.05) is 19.7 Å². The normalized spacial score (nSPS) is 16.4. The lowest BCUT2D eigenvalue weighted by Gasteiger charge is -2.34. The van der Waals surface area contributed by atoms with Gasteiger partial charge in [-0.05, 0) is 81.5 Å². The number of esters is 1. The van der Waals surface area contributed by atoms with E-state index >= 15 is 0 Å². The van der Waals surface area contributed by atoms with Crippen LogP contribution >= 0.6 is 0 Å². The third-order valence-electron chi connectivity index (χ3n) is 6.20. The van der Waals surface area contributed by atoms with E-state index in [1.165, 1.54) is 12.1 Å². The molecule has 1 fully saturated rings. The molecule has 1 aliphatic heterocycles. The van der Waals surface area contributed by atoms with Crippen LogP contribution in [0.25, 0.3) is 22.0 Å². The lowest BCUT2D eigenvalue weighted by Crippen LogP contribution is -2.42. The van der Waals surface area contributed by atoms with E-state index < -0.39 is 17.4 Å². The summed E-state index contributed by atoms with van der Waals surface area (Å²) in [6.45, 7) is 8.68. The first-order chi connectivity index (χ1) is 16.6. The first-order valence-corrected chi connectivity index (χ1v) is 12.0. The summed E-state index contributed by atoms with van der Waals surface area (Å²) in [6.07, 6.45) is 3.21. The average Bonchev–Trinajstić information content (AvgIpc) is 3.18. The SMILES string of the molecule is CCOC(=O)c1cc(F)ccc1-c1cc(C2CCCN(C(=O)OC(C)(C)C)C2)cc2c1cnn2C. The molecule has 0 aliphatic carbocycles. The summed E-state index contributed by atoms with van der Waals surface area (Å²) in [5.41, 5.74) is 2.91. The summed E-state index contributed by atoms with van der Waals surface area (Å²) in [6, 6.07) is 8.29. The van der Waals surface area contributed by atoms with E-state index in [0.29, 0.717) is 18.7 Å². The van der Waals surface area contributed by atoms with Crippen molar-refractivity contribution in [1.82, 2.24) is 14.7 Å². The molecule has 1 atom stereocenters. The highest BCUT2D eigenvalue weighted by molar-refractivity contribution is 6.03. The number of ether oxygens (including phenoxy) is 2. The van der Waals surface area contributed by atoms with Crippen molar-refractivity contribution in [2.24, 2.45) is 7.05 Å². The average molecular weight is 482 g/mol. The van der Waals surface area contributed by atoms with E-state index in [4.69, 9.17) is 9.47 Å². The van der Waals surface area contributed by atoms with E-state index in [9.17, 15) is 14.0 Å². The molecule has 1 aliphatic rings. The zero-order valence-electron chi connectivity index (χ0n) is 20.9. The topological polar surface area (TPSA) is 73.7 Å². The summed E-state index contributed by atoms with van der Waals surface area (Å²) in [5, 5.41) is 5.28. The predicted molar refractivity (Wildman–Crippen MR) is 132 cm³/mol. The van der Waals surface area contributed by atoms with Gasteiger partial charge in [0.05, 0.1) is 23.9 Å². The van der Waals surface area contributed by atoms with Crippen LogP contribution in [-0.2, 0) is 16.5 Å². The molecule has 1 saturated heterocycles. The predicted octanol–water partition coefficient (Wildman–Crippen LogP) is 5.67. The van der Waals surface area contributed by atoms with Crippen LogP contribution in [0, 0.1) is 5.82 Å². The maximum Gasteiger partial charge on any atom is 0.410 e. The lowest BCUT2D eigenvalue weighted by atomic mass is 9.87. The second kappa shape index (κ2) is 9.68.